The van der Waals surface area contributed by atoms with E-state index in [9.17, 15) is 5.11 Å². The van der Waals surface area contributed by atoms with Crippen molar-refractivity contribution in [3.05, 3.63) is 11.6 Å². The standard InChI is InChI=1S/C30H50O/c1-19(2)20-13-14-27(5)15-17-29(7)23-11-9-21-22(10-12-24(31)26(21,3)4)28(23,6)16-18-30(29,8)25(20)27/h9,19-20,22-25,31H,10-18H2,1-8H3/t20?,22-,23-,24?,25+,27+,28+,29+,30-/m1/s1. The Hall–Kier alpha value is -0.300. The third-order valence-corrected chi connectivity index (χ3v) is 13.1. The van der Waals surface area contributed by atoms with E-state index in [2.05, 4.69) is 61.5 Å². The Balaban J connectivity index is 1.58. The van der Waals surface area contributed by atoms with Gasteiger partial charge in [0.25, 0.3) is 0 Å². The Labute approximate surface area is 192 Å². The van der Waals surface area contributed by atoms with E-state index in [0.717, 1.165) is 30.1 Å². The van der Waals surface area contributed by atoms with Gasteiger partial charge in [0.15, 0.2) is 0 Å². The van der Waals surface area contributed by atoms with Crippen molar-refractivity contribution >= 4 is 0 Å². The SMILES string of the molecule is CC(C)C1CC[C@@]2(C)CC[C@@]3(C)[C@@H]4CC=C5[C@@H](CCC(O)C5(C)C)[C@]4(C)CC[C@]3(C)[C@@H]12. The van der Waals surface area contributed by atoms with Gasteiger partial charge in [0, 0.05) is 5.41 Å². The van der Waals surface area contributed by atoms with Crippen LogP contribution in [0.5, 0.6) is 0 Å². The average Bonchev–Trinajstić information content (AvgIpc) is 3.06. The Morgan fingerprint density at radius 2 is 1.52 bits per heavy atom. The fourth-order valence-electron chi connectivity index (χ4n) is 11.0. The molecular weight excluding hydrogens is 376 g/mol. The maximum atomic E-state index is 10.8. The predicted molar refractivity (Wildman–Crippen MR) is 131 cm³/mol. The van der Waals surface area contributed by atoms with Crippen molar-refractivity contribution < 1.29 is 5.11 Å². The van der Waals surface area contributed by atoms with Crippen LogP contribution in [0.4, 0.5) is 0 Å². The Morgan fingerprint density at radius 1 is 0.839 bits per heavy atom. The van der Waals surface area contributed by atoms with E-state index in [4.69, 9.17) is 0 Å². The van der Waals surface area contributed by atoms with Crippen LogP contribution < -0.4 is 0 Å². The zero-order valence-electron chi connectivity index (χ0n) is 21.9. The van der Waals surface area contributed by atoms with Gasteiger partial charge in [-0.2, -0.15) is 0 Å². The smallest absolute Gasteiger partial charge is 0.0628 e. The van der Waals surface area contributed by atoms with Crippen LogP contribution in [0.1, 0.15) is 113 Å². The van der Waals surface area contributed by atoms with Gasteiger partial charge in [0.05, 0.1) is 6.10 Å². The van der Waals surface area contributed by atoms with E-state index in [1.807, 2.05) is 0 Å². The van der Waals surface area contributed by atoms with Crippen molar-refractivity contribution in [2.24, 2.45) is 56.7 Å². The highest BCUT2D eigenvalue weighted by Crippen LogP contribution is 2.77. The molecule has 0 amide bonds. The van der Waals surface area contributed by atoms with E-state index in [-0.39, 0.29) is 11.5 Å². The number of hydrogen-bond donors (Lipinski definition) is 1. The van der Waals surface area contributed by atoms with Crippen LogP contribution in [0, 0.1) is 56.7 Å². The third kappa shape index (κ3) is 2.65. The van der Waals surface area contributed by atoms with Gasteiger partial charge in [-0.25, -0.2) is 0 Å². The molecule has 0 bridgehead atoms. The van der Waals surface area contributed by atoms with Gasteiger partial charge >= 0.3 is 0 Å². The summed E-state index contributed by atoms with van der Waals surface area (Å²) < 4.78 is 0. The monoisotopic (exact) mass is 426 g/mol. The van der Waals surface area contributed by atoms with Crippen molar-refractivity contribution in [2.45, 2.75) is 119 Å². The maximum Gasteiger partial charge on any atom is 0.0628 e. The Morgan fingerprint density at radius 3 is 2.19 bits per heavy atom. The molecule has 5 aliphatic carbocycles. The quantitative estimate of drug-likeness (QED) is 0.421. The minimum atomic E-state index is -0.166. The number of hydrogen-bond acceptors (Lipinski definition) is 1. The molecular formula is C30H50O. The molecule has 0 aliphatic heterocycles. The molecule has 31 heavy (non-hydrogen) atoms. The summed E-state index contributed by atoms with van der Waals surface area (Å²) in [6, 6.07) is 0. The van der Waals surface area contributed by atoms with Crippen LogP contribution in [0.3, 0.4) is 0 Å². The molecule has 1 nitrogen and oxygen atoms in total. The summed E-state index contributed by atoms with van der Waals surface area (Å²) >= 11 is 0. The van der Waals surface area contributed by atoms with Crippen molar-refractivity contribution in [3.63, 3.8) is 0 Å². The zero-order chi connectivity index (χ0) is 22.6. The first kappa shape index (κ1) is 22.5. The number of rotatable bonds is 1. The lowest BCUT2D eigenvalue weighted by Gasteiger charge is -2.72. The molecule has 0 aromatic heterocycles. The van der Waals surface area contributed by atoms with E-state index < -0.39 is 0 Å². The van der Waals surface area contributed by atoms with E-state index in [0.29, 0.717) is 27.6 Å². The summed E-state index contributed by atoms with van der Waals surface area (Å²) in [5.41, 5.74) is 3.48. The van der Waals surface area contributed by atoms with Gasteiger partial charge in [0.2, 0.25) is 0 Å². The minimum absolute atomic E-state index is 0.0438. The van der Waals surface area contributed by atoms with Crippen molar-refractivity contribution in [1.29, 1.82) is 0 Å². The van der Waals surface area contributed by atoms with Gasteiger partial charge < -0.3 is 5.11 Å². The van der Waals surface area contributed by atoms with Crippen LogP contribution in [0.2, 0.25) is 0 Å². The molecule has 5 rings (SSSR count). The number of aliphatic hydroxyl groups is 1. The lowest BCUT2D eigenvalue weighted by Crippen LogP contribution is -2.65. The fraction of sp³-hybridized carbons (Fsp3) is 0.933. The summed E-state index contributed by atoms with van der Waals surface area (Å²) in [6.07, 6.45) is 14.5. The van der Waals surface area contributed by atoms with E-state index >= 15 is 0 Å². The lowest BCUT2D eigenvalue weighted by molar-refractivity contribution is -0.217. The highest BCUT2D eigenvalue weighted by atomic mass is 16.3. The zero-order valence-corrected chi connectivity index (χ0v) is 21.9. The largest absolute Gasteiger partial charge is 0.392 e. The number of allylic oxidation sites excluding steroid dienone is 1. The van der Waals surface area contributed by atoms with Crippen LogP contribution in [0.25, 0.3) is 0 Å². The molecule has 0 aromatic rings. The minimum Gasteiger partial charge on any atom is -0.392 e. The highest BCUT2D eigenvalue weighted by Gasteiger charge is 2.70. The fourth-order valence-corrected chi connectivity index (χ4v) is 11.0. The maximum absolute atomic E-state index is 10.8. The topological polar surface area (TPSA) is 20.2 Å². The van der Waals surface area contributed by atoms with Gasteiger partial charge in [-0.15, -0.1) is 0 Å². The second kappa shape index (κ2) is 6.64. The Bertz CT molecular complexity index is 777. The molecule has 0 spiro atoms. The summed E-state index contributed by atoms with van der Waals surface area (Å²) in [7, 11) is 0. The van der Waals surface area contributed by atoms with Crippen molar-refractivity contribution in [2.75, 3.05) is 0 Å². The molecule has 0 aromatic carbocycles. The van der Waals surface area contributed by atoms with Crippen molar-refractivity contribution in [1.82, 2.24) is 0 Å². The predicted octanol–water partition coefficient (Wildman–Crippen LogP) is 8.02. The normalized spacial score (nSPS) is 55.7. The molecule has 2 unspecified atom stereocenters. The number of fused-ring (bicyclic) bond motifs is 7. The second-order valence-corrected chi connectivity index (χ2v) is 14.7. The highest BCUT2D eigenvalue weighted by molar-refractivity contribution is 5.30. The summed E-state index contributed by atoms with van der Waals surface area (Å²) in [5, 5.41) is 10.8. The van der Waals surface area contributed by atoms with Gasteiger partial charge in [-0.3, -0.25) is 0 Å². The van der Waals surface area contributed by atoms with Crippen LogP contribution in [0.15, 0.2) is 11.6 Å². The van der Waals surface area contributed by atoms with Gasteiger partial charge in [-0.1, -0.05) is 67.0 Å². The van der Waals surface area contributed by atoms with E-state index in [1.54, 1.807) is 5.57 Å². The molecule has 0 radical (unpaired) electrons. The first-order chi connectivity index (χ1) is 14.3. The molecule has 1 heteroatoms. The molecule has 9 atom stereocenters. The molecule has 1 N–H and O–H groups in total. The molecule has 5 aliphatic rings. The molecule has 176 valence electrons. The second-order valence-electron chi connectivity index (χ2n) is 14.7. The summed E-state index contributed by atoms with van der Waals surface area (Å²) in [5.74, 6) is 4.12. The molecule has 4 saturated carbocycles. The first-order valence-corrected chi connectivity index (χ1v) is 13.7. The molecule has 4 fully saturated rings. The molecule has 0 saturated heterocycles. The van der Waals surface area contributed by atoms with Crippen LogP contribution in [-0.4, -0.2) is 11.2 Å². The third-order valence-electron chi connectivity index (χ3n) is 13.1. The lowest BCUT2D eigenvalue weighted by atomic mass is 9.33. The van der Waals surface area contributed by atoms with Crippen molar-refractivity contribution in [3.8, 4) is 0 Å². The number of aliphatic hydroxyl groups excluding tert-OH is 1. The van der Waals surface area contributed by atoms with E-state index in [1.165, 1.54) is 51.4 Å². The summed E-state index contributed by atoms with van der Waals surface area (Å²) in [4.78, 5) is 0. The summed E-state index contributed by atoms with van der Waals surface area (Å²) in [6.45, 7) is 20.5. The first-order valence-electron chi connectivity index (χ1n) is 13.7. The average molecular weight is 427 g/mol. The van der Waals surface area contributed by atoms with Gasteiger partial charge in [0.1, 0.15) is 0 Å². The molecule has 0 heterocycles. The van der Waals surface area contributed by atoms with Crippen LogP contribution in [-0.2, 0) is 0 Å². The van der Waals surface area contributed by atoms with Crippen LogP contribution >= 0.6 is 0 Å². The van der Waals surface area contributed by atoms with Gasteiger partial charge in [-0.05, 0) is 109 Å². The Kier molecular flexibility index (Phi) is 4.82.